The van der Waals surface area contributed by atoms with Crippen molar-refractivity contribution in [1.29, 1.82) is 0 Å². The molecule has 2 rings (SSSR count). The summed E-state index contributed by atoms with van der Waals surface area (Å²) >= 11 is 0. The Balaban J connectivity index is 1.96. The molecule has 0 heterocycles. The van der Waals surface area contributed by atoms with Crippen LogP contribution in [0.1, 0.15) is 5.56 Å². The summed E-state index contributed by atoms with van der Waals surface area (Å²) in [5.41, 5.74) is 2.59. The first-order valence-electron chi connectivity index (χ1n) is 7.16. The zero-order valence-electron chi connectivity index (χ0n) is 13.6. The number of methoxy groups -OCH3 is 2. The average Bonchev–Trinajstić information content (AvgIpc) is 2.63. The number of rotatable bonds is 5. The number of hydrogen-bond donors (Lipinski definition) is 2. The number of carbonyl (C=O) groups excluding carboxylic acids is 2. The zero-order chi connectivity index (χ0) is 18.2. The van der Waals surface area contributed by atoms with E-state index < -0.39 is 17.6 Å². The Morgan fingerprint density at radius 3 is 2.44 bits per heavy atom. The minimum Gasteiger partial charge on any atom is -0.493 e. The summed E-state index contributed by atoms with van der Waals surface area (Å²) in [6, 6.07) is 10.5. The molecule has 0 spiro atoms. The van der Waals surface area contributed by atoms with Crippen molar-refractivity contribution < 1.29 is 23.5 Å². The molecule has 2 N–H and O–H groups in total. The van der Waals surface area contributed by atoms with Gasteiger partial charge in [0.2, 0.25) is 0 Å². The lowest BCUT2D eigenvalue weighted by Gasteiger charge is -2.07. The number of carbonyl (C=O) groups is 2. The van der Waals surface area contributed by atoms with Crippen molar-refractivity contribution in [3.63, 3.8) is 0 Å². The molecule has 0 aliphatic carbocycles. The van der Waals surface area contributed by atoms with E-state index in [9.17, 15) is 14.0 Å². The van der Waals surface area contributed by atoms with Gasteiger partial charge in [-0.3, -0.25) is 9.59 Å². The molecule has 0 unspecified atom stereocenters. The van der Waals surface area contributed by atoms with E-state index in [0.717, 1.165) is 0 Å². The highest BCUT2D eigenvalue weighted by atomic mass is 19.1. The van der Waals surface area contributed by atoms with Crippen LogP contribution < -0.4 is 20.2 Å². The lowest BCUT2D eigenvalue weighted by atomic mass is 10.2. The lowest BCUT2D eigenvalue weighted by molar-refractivity contribution is -0.136. The average molecular weight is 345 g/mol. The molecule has 8 heteroatoms. The van der Waals surface area contributed by atoms with E-state index in [0.29, 0.717) is 17.1 Å². The summed E-state index contributed by atoms with van der Waals surface area (Å²) in [5, 5.41) is 5.84. The topological polar surface area (TPSA) is 89.0 Å². The molecule has 2 aromatic rings. The molecule has 7 nitrogen and oxygen atoms in total. The van der Waals surface area contributed by atoms with Gasteiger partial charge in [0, 0.05) is 0 Å². The van der Waals surface area contributed by atoms with Crippen LogP contribution in [0.15, 0.2) is 47.6 Å². The third-order valence-electron chi connectivity index (χ3n) is 3.12. The van der Waals surface area contributed by atoms with Crippen LogP contribution in [0.25, 0.3) is 0 Å². The molecule has 2 amide bonds. The van der Waals surface area contributed by atoms with Crippen LogP contribution >= 0.6 is 0 Å². The fourth-order valence-electron chi connectivity index (χ4n) is 1.89. The van der Waals surface area contributed by atoms with E-state index in [1.807, 2.05) is 0 Å². The molecular formula is C17H16FN3O4. The number of anilines is 1. The van der Waals surface area contributed by atoms with Crippen molar-refractivity contribution in [2.24, 2.45) is 5.10 Å². The van der Waals surface area contributed by atoms with Gasteiger partial charge in [0.1, 0.15) is 5.82 Å². The number of ether oxygens (including phenoxy) is 2. The van der Waals surface area contributed by atoms with Crippen molar-refractivity contribution in [2.75, 3.05) is 19.5 Å². The minimum atomic E-state index is -1.03. The maximum absolute atomic E-state index is 13.4. The van der Waals surface area contributed by atoms with Gasteiger partial charge in [-0.2, -0.15) is 5.10 Å². The van der Waals surface area contributed by atoms with E-state index in [-0.39, 0.29) is 5.69 Å². The van der Waals surface area contributed by atoms with Gasteiger partial charge in [0.05, 0.1) is 26.1 Å². The fourth-order valence-corrected chi connectivity index (χ4v) is 1.89. The van der Waals surface area contributed by atoms with Crippen LogP contribution in [0.5, 0.6) is 11.5 Å². The Labute approximate surface area is 143 Å². The summed E-state index contributed by atoms with van der Waals surface area (Å²) in [6.07, 6.45) is 1.33. The van der Waals surface area contributed by atoms with Gasteiger partial charge in [-0.05, 0) is 35.9 Å². The van der Waals surface area contributed by atoms with Crippen LogP contribution in [0.3, 0.4) is 0 Å². The molecule has 0 saturated heterocycles. The van der Waals surface area contributed by atoms with E-state index in [1.54, 1.807) is 18.2 Å². The first kappa shape index (κ1) is 17.9. The Morgan fingerprint density at radius 1 is 1.04 bits per heavy atom. The maximum atomic E-state index is 13.4. The van der Waals surface area contributed by atoms with Gasteiger partial charge >= 0.3 is 11.8 Å². The second-order valence-corrected chi connectivity index (χ2v) is 4.75. The summed E-state index contributed by atoms with van der Waals surface area (Å²) in [6.45, 7) is 0. The normalized spacial score (nSPS) is 10.4. The predicted molar refractivity (Wildman–Crippen MR) is 90.3 cm³/mol. The standard InChI is InChI=1S/C17H16FN3O4/c1-24-14-8-7-11(9-15(14)25-2)10-19-21-17(23)16(22)20-13-6-4-3-5-12(13)18/h3-10H,1-2H3,(H,20,22)(H,21,23)/b19-10-. The minimum absolute atomic E-state index is 0.0912. The number of amides is 2. The van der Waals surface area contributed by atoms with Crippen LogP contribution in [0, 0.1) is 5.82 Å². The van der Waals surface area contributed by atoms with E-state index >= 15 is 0 Å². The number of nitrogens with one attached hydrogen (secondary N) is 2. The number of hydrazone groups is 1. The Kier molecular flexibility index (Phi) is 6.05. The van der Waals surface area contributed by atoms with Crippen molar-refractivity contribution in [3.8, 4) is 11.5 Å². The molecule has 0 saturated carbocycles. The zero-order valence-corrected chi connectivity index (χ0v) is 13.6. The smallest absolute Gasteiger partial charge is 0.329 e. The van der Waals surface area contributed by atoms with Crippen LogP contribution in [-0.4, -0.2) is 32.2 Å². The molecule has 0 bridgehead atoms. The number of hydrogen-bond acceptors (Lipinski definition) is 5. The SMILES string of the molecule is COc1ccc(/C=N\NC(=O)C(=O)Nc2ccccc2F)cc1OC. The van der Waals surface area contributed by atoms with Crippen molar-refractivity contribution >= 4 is 23.7 Å². The van der Waals surface area contributed by atoms with Gasteiger partial charge < -0.3 is 14.8 Å². The van der Waals surface area contributed by atoms with E-state index in [4.69, 9.17) is 9.47 Å². The van der Waals surface area contributed by atoms with Crippen molar-refractivity contribution in [3.05, 3.63) is 53.8 Å². The molecule has 0 aliphatic heterocycles. The summed E-state index contributed by atoms with van der Waals surface area (Å²) in [4.78, 5) is 23.4. The molecule has 0 atom stereocenters. The molecule has 130 valence electrons. The van der Waals surface area contributed by atoms with E-state index in [2.05, 4.69) is 15.8 Å². The summed E-state index contributed by atoms with van der Waals surface area (Å²) < 4.78 is 23.7. The summed E-state index contributed by atoms with van der Waals surface area (Å²) in [7, 11) is 3.01. The van der Waals surface area contributed by atoms with Gasteiger partial charge in [0.25, 0.3) is 0 Å². The molecule has 0 aliphatic rings. The molecule has 0 fully saturated rings. The highest BCUT2D eigenvalue weighted by Gasteiger charge is 2.14. The van der Waals surface area contributed by atoms with Gasteiger partial charge in [-0.1, -0.05) is 12.1 Å². The van der Waals surface area contributed by atoms with Crippen LogP contribution in [-0.2, 0) is 9.59 Å². The number of halogens is 1. The van der Waals surface area contributed by atoms with Gasteiger partial charge in [-0.25, -0.2) is 9.82 Å². The van der Waals surface area contributed by atoms with Crippen LogP contribution in [0.2, 0.25) is 0 Å². The monoisotopic (exact) mass is 345 g/mol. The van der Waals surface area contributed by atoms with Gasteiger partial charge in [0.15, 0.2) is 11.5 Å². The fraction of sp³-hybridized carbons (Fsp3) is 0.118. The second-order valence-electron chi connectivity index (χ2n) is 4.75. The van der Waals surface area contributed by atoms with Crippen molar-refractivity contribution in [1.82, 2.24) is 5.43 Å². The molecule has 2 aromatic carbocycles. The highest BCUT2D eigenvalue weighted by Crippen LogP contribution is 2.26. The van der Waals surface area contributed by atoms with Crippen LogP contribution in [0.4, 0.5) is 10.1 Å². The third kappa shape index (κ3) is 4.77. The molecule has 25 heavy (non-hydrogen) atoms. The van der Waals surface area contributed by atoms with Gasteiger partial charge in [-0.15, -0.1) is 0 Å². The second kappa shape index (κ2) is 8.44. The first-order valence-corrected chi connectivity index (χ1v) is 7.16. The lowest BCUT2D eigenvalue weighted by Crippen LogP contribution is -2.32. The first-order chi connectivity index (χ1) is 12.0. The quantitative estimate of drug-likeness (QED) is 0.492. The molecule has 0 radical (unpaired) electrons. The summed E-state index contributed by atoms with van der Waals surface area (Å²) in [5.74, 6) is -1.66. The van der Waals surface area contributed by atoms with Crippen molar-refractivity contribution in [2.45, 2.75) is 0 Å². The number of nitrogens with zero attached hydrogens (tertiary/aromatic N) is 1. The largest absolute Gasteiger partial charge is 0.493 e. The predicted octanol–water partition coefficient (Wildman–Crippen LogP) is 1.93. The molecule has 0 aromatic heterocycles. The Morgan fingerprint density at radius 2 is 1.76 bits per heavy atom. The third-order valence-corrected chi connectivity index (χ3v) is 3.12. The maximum Gasteiger partial charge on any atom is 0.329 e. The Hall–Kier alpha value is -3.42. The number of para-hydroxylation sites is 1. The highest BCUT2D eigenvalue weighted by molar-refractivity contribution is 6.39. The Bertz CT molecular complexity index is 808. The molecular weight excluding hydrogens is 329 g/mol. The number of benzene rings is 2. The van der Waals surface area contributed by atoms with E-state index in [1.165, 1.54) is 44.7 Å².